The van der Waals surface area contributed by atoms with Crippen LogP contribution < -0.4 is 14.4 Å². The molecule has 3 aliphatic rings. The van der Waals surface area contributed by atoms with Gasteiger partial charge in [-0.05, 0) is 62.1 Å². The summed E-state index contributed by atoms with van der Waals surface area (Å²) in [6.45, 7) is 10.3. The third-order valence-electron chi connectivity index (χ3n) is 8.93. The van der Waals surface area contributed by atoms with Crippen molar-refractivity contribution in [2.24, 2.45) is 0 Å². The summed E-state index contributed by atoms with van der Waals surface area (Å²) in [6.07, 6.45) is 0.872. The van der Waals surface area contributed by atoms with Crippen LogP contribution in [0.15, 0.2) is 97.1 Å². The summed E-state index contributed by atoms with van der Waals surface area (Å²) >= 11 is 0. The highest BCUT2D eigenvalue weighted by Crippen LogP contribution is 2.41. The number of pyridine rings is 1. The van der Waals surface area contributed by atoms with Crippen LogP contribution >= 0.6 is 0 Å². The molecule has 8 heteroatoms. The van der Waals surface area contributed by atoms with E-state index in [9.17, 15) is 4.79 Å². The summed E-state index contributed by atoms with van der Waals surface area (Å²) in [6, 6.07) is 34.1. The average Bonchev–Trinajstić information content (AvgIpc) is 3.84. The maximum absolute atomic E-state index is 12.7. The van der Waals surface area contributed by atoms with Crippen molar-refractivity contribution in [3.8, 4) is 22.9 Å². The van der Waals surface area contributed by atoms with E-state index in [1.165, 1.54) is 5.69 Å². The van der Waals surface area contributed by atoms with Gasteiger partial charge in [-0.2, -0.15) is 4.98 Å². The van der Waals surface area contributed by atoms with E-state index in [4.69, 9.17) is 19.2 Å². The van der Waals surface area contributed by atoms with Crippen LogP contribution in [0.2, 0.25) is 0 Å². The molecule has 3 aromatic carbocycles. The van der Waals surface area contributed by atoms with E-state index in [2.05, 4.69) is 46.2 Å². The van der Waals surface area contributed by atoms with Crippen LogP contribution in [0.1, 0.15) is 38.3 Å². The third-order valence-corrected chi connectivity index (χ3v) is 8.93. The fraction of sp³-hybridized carbons (Fsp3) is 0.368. The summed E-state index contributed by atoms with van der Waals surface area (Å²) in [4.78, 5) is 24.4. The Labute approximate surface area is 271 Å². The lowest BCUT2D eigenvalue weighted by Crippen LogP contribution is -2.63. The predicted molar refractivity (Wildman–Crippen MR) is 179 cm³/mol. The van der Waals surface area contributed by atoms with E-state index in [0.29, 0.717) is 43.1 Å². The summed E-state index contributed by atoms with van der Waals surface area (Å²) in [5.41, 5.74) is 4.89. The molecule has 1 amide bonds. The highest BCUT2D eigenvalue weighted by atomic mass is 16.6. The Morgan fingerprint density at radius 1 is 0.783 bits per heavy atom. The largest absolute Gasteiger partial charge is 0.473 e. The number of fused-ring (bicyclic) bond motifs is 1. The molecule has 1 aromatic heterocycles. The van der Waals surface area contributed by atoms with Crippen molar-refractivity contribution in [3.05, 3.63) is 108 Å². The minimum atomic E-state index is -0.462. The molecule has 0 N–H and O–H groups in total. The van der Waals surface area contributed by atoms with Crippen molar-refractivity contribution in [1.29, 1.82) is 0 Å². The Morgan fingerprint density at radius 3 is 2.09 bits per heavy atom. The molecular formula is C38H42N4O4. The van der Waals surface area contributed by atoms with Gasteiger partial charge in [0.25, 0.3) is 0 Å². The van der Waals surface area contributed by atoms with Gasteiger partial charge >= 0.3 is 6.09 Å². The number of piperazine rings is 1. The number of anilines is 1. The first-order valence-corrected chi connectivity index (χ1v) is 16.3. The number of hydrogen-bond acceptors (Lipinski definition) is 7. The maximum atomic E-state index is 12.7. The monoisotopic (exact) mass is 618 g/mol. The molecule has 2 unspecified atom stereocenters. The van der Waals surface area contributed by atoms with Gasteiger partial charge in [-0.25, -0.2) is 4.79 Å². The molecule has 2 aliphatic heterocycles. The topological polar surface area (TPSA) is 67.4 Å². The lowest BCUT2D eigenvalue weighted by Gasteiger charge is -2.49. The van der Waals surface area contributed by atoms with Crippen molar-refractivity contribution in [3.63, 3.8) is 0 Å². The number of hydrogen-bond donors (Lipinski definition) is 0. The minimum absolute atomic E-state index is 0.173. The molecule has 0 bridgehead atoms. The second-order valence-corrected chi connectivity index (χ2v) is 13.4. The number of ether oxygens (including phenoxy) is 3. The standard InChI is InChI=1S/C38H42N4O4/c1-38(2,3)46-37(43)42-21-20-41(33-22-34(33)42)31-23-40(24-31)30-16-14-29(15-17-30)32-18-19-35(44-25-27-10-6-4-7-11-27)39-36(32)45-26-28-12-8-5-9-13-28/h4-19,31,33-34H,20-26H2,1-3H3. The Balaban J connectivity index is 0.988. The van der Waals surface area contributed by atoms with Crippen LogP contribution in [-0.2, 0) is 18.0 Å². The molecular weight excluding hydrogens is 576 g/mol. The molecule has 2 saturated heterocycles. The zero-order valence-electron chi connectivity index (χ0n) is 26.8. The van der Waals surface area contributed by atoms with Crippen LogP contribution in [0.5, 0.6) is 11.8 Å². The summed E-state index contributed by atoms with van der Waals surface area (Å²) in [5.74, 6) is 1.08. The predicted octanol–water partition coefficient (Wildman–Crippen LogP) is 6.79. The van der Waals surface area contributed by atoms with Crippen molar-refractivity contribution in [2.45, 2.75) is 64.1 Å². The van der Waals surface area contributed by atoms with Crippen LogP contribution in [0.3, 0.4) is 0 Å². The summed E-state index contributed by atoms with van der Waals surface area (Å²) in [7, 11) is 0. The first-order chi connectivity index (χ1) is 22.3. The van der Waals surface area contributed by atoms with Crippen LogP contribution in [0.25, 0.3) is 11.1 Å². The third kappa shape index (κ3) is 6.82. The number of benzene rings is 3. The maximum Gasteiger partial charge on any atom is 0.410 e. The molecule has 3 heterocycles. The van der Waals surface area contributed by atoms with E-state index in [0.717, 1.165) is 54.9 Å². The second-order valence-electron chi connectivity index (χ2n) is 13.4. The average molecular weight is 619 g/mol. The Bertz CT molecular complexity index is 1640. The Kier molecular flexibility index (Phi) is 8.30. The fourth-order valence-electron chi connectivity index (χ4n) is 6.43. The lowest BCUT2D eigenvalue weighted by molar-refractivity contribution is 0.00750. The van der Waals surface area contributed by atoms with Gasteiger partial charge in [0.2, 0.25) is 11.8 Å². The van der Waals surface area contributed by atoms with Gasteiger partial charge in [-0.3, -0.25) is 4.90 Å². The van der Waals surface area contributed by atoms with Gasteiger partial charge in [0.05, 0.1) is 6.04 Å². The molecule has 8 nitrogen and oxygen atoms in total. The van der Waals surface area contributed by atoms with E-state index >= 15 is 0 Å². The Morgan fingerprint density at radius 2 is 1.43 bits per heavy atom. The highest BCUT2D eigenvalue weighted by molar-refractivity contribution is 5.71. The van der Waals surface area contributed by atoms with Crippen molar-refractivity contribution >= 4 is 11.8 Å². The van der Waals surface area contributed by atoms with Gasteiger partial charge in [-0.1, -0.05) is 72.8 Å². The summed E-state index contributed by atoms with van der Waals surface area (Å²) < 4.78 is 18.0. The molecule has 238 valence electrons. The molecule has 0 spiro atoms. The van der Waals surface area contributed by atoms with E-state index in [1.54, 1.807) is 0 Å². The van der Waals surface area contributed by atoms with Gasteiger partial charge in [0.15, 0.2) is 0 Å². The SMILES string of the molecule is CC(C)(C)OC(=O)N1CCN(C2CN(c3ccc(-c4ccc(OCc5ccccc5)nc4OCc4ccccc4)cc3)C2)C2CC21. The number of aromatic nitrogens is 1. The van der Waals surface area contributed by atoms with E-state index in [1.807, 2.05) is 86.3 Å². The summed E-state index contributed by atoms with van der Waals surface area (Å²) in [5, 5.41) is 0. The van der Waals surface area contributed by atoms with Crippen molar-refractivity contribution < 1.29 is 19.0 Å². The van der Waals surface area contributed by atoms with Gasteiger partial charge in [0.1, 0.15) is 18.8 Å². The number of carbonyl (C=O) groups excluding carboxylic acids is 1. The number of nitrogens with zero attached hydrogens (tertiary/aromatic N) is 4. The number of carbonyl (C=O) groups is 1. The molecule has 1 saturated carbocycles. The zero-order valence-corrected chi connectivity index (χ0v) is 26.8. The normalized spacial score (nSPS) is 19.6. The Hall–Kier alpha value is -4.56. The van der Waals surface area contributed by atoms with Crippen LogP contribution in [0.4, 0.5) is 10.5 Å². The minimum Gasteiger partial charge on any atom is -0.473 e. The highest BCUT2D eigenvalue weighted by Gasteiger charge is 2.54. The van der Waals surface area contributed by atoms with Gasteiger partial charge in [-0.15, -0.1) is 0 Å². The molecule has 46 heavy (non-hydrogen) atoms. The molecule has 3 fully saturated rings. The van der Waals surface area contributed by atoms with Gasteiger partial charge in [0, 0.05) is 55.6 Å². The molecule has 7 rings (SSSR count). The first kappa shape index (κ1) is 30.1. The first-order valence-electron chi connectivity index (χ1n) is 16.3. The zero-order chi connectivity index (χ0) is 31.7. The molecule has 2 atom stereocenters. The molecule has 4 aromatic rings. The van der Waals surface area contributed by atoms with Crippen molar-refractivity contribution in [1.82, 2.24) is 14.8 Å². The fourth-order valence-corrected chi connectivity index (χ4v) is 6.43. The second kappa shape index (κ2) is 12.7. The van der Waals surface area contributed by atoms with E-state index in [-0.39, 0.29) is 6.09 Å². The van der Waals surface area contributed by atoms with Crippen LogP contribution in [-0.4, -0.2) is 70.8 Å². The molecule has 0 radical (unpaired) electrons. The van der Waals surface area contributed by atoms with Crippen LogP contribution in [0, 0.1) is 0 Å². The number of amides is 1. The quantitative estimate of drug-likeness (QED) is 0.205. The molecule has 1 aliphatic carbocycles. The van der Waals surface area contributed by atoms with Crippen molar-refractivity contribution in [2.75, 3.05) is 31.1 Å². The lowest BCUT2D eigenvalue weighted by atomic mass is 10.0. The number of rotatable bonds is 9. The van der Waals surface area contributed by atoms with E-state index < -0.39 is 5.60 Å². The van der Waals surface area contributed by atoms with Gasteiger partial charge < -0.3 is 24.0 Å². The smallest absolute Gasteiger partial charge is 0.410 e.